The Labute approximate surface area is 135 Å². The van der Waals surface area contributed by atoms with Crippen LogP contribution in [-0.2, 0) is 14.8 Å². The van der Waals surface area contributed by atoms with Crippen molar-refractivity contribution >= 4 is 21.7 Å². The minimum absolute atomic E-state index is 0.0911. The molecule has 1 aromatic heterocycles. The first-order chi connectivity index (χ1) is 10.8. The summed E-state index contributed by atoms with van der Waals surface area (Å²) in [6.07, 6.45) is 2.53. The zero-order chi connectivity index (χ0) is 17.0. The third-order valence-corrected chi connectivity index (χ3v) is 5.07. The van der Waals surface area contributed by atoms with Gasteiger partial charge in [-0.1, -0.05) is 0 Å². The van der Waals surface area contributed by atoms with E-state index >= 15 is 0 Å². The van der Waals surface area contributed by atoms with E-state index in [0.29, 0.717) is 31.9 Å². The highest BCUT2D eigenvalue weighted by Gasteiger charge is 2.25. The first-order valence-corrected chi connectivity index (χ1v) is 9.10. The maximum Gasteiger partial charge on any atom is 0.237 e. The van der Waals surface area contributed by atoms with Crippen LogP contribution < -0.4 is 0 Å². The SMILES string of the molecule is CN(CC(=O)N1CCN(CC(=O)c2ccco2)CC1)S(C)(=O)=O. The number of Topliss-reactive ketones (excluding diaryl/α,β-unsaturated/α-hetero) is 1. The van der Waals surface area contributed by atoms with Gasteiger partial charge in [0.2, 0.25) is 21.7 Å². The molecule has 0 atom stereocenters. The van der Waals surface area contributed by atoms with E-state index in [1.165, 1.54) is 13.3 Å². The molecule has 1 aliphatic heterocycles. The average Bonchev–Trinajstić information content (AvgIpc) is 3.01. The monoisotopic (exact) mass is 343 g/mol. The number of ketones is 1. The minimum atomic E-state index is -3.37. The van der Waals surface area contributed by atoms with Crippen LogP contribution in [0, 0.1) is 0 Å². The Bertz CT molecular complexity index is 648. The fraction of sp³-hybridized carbons (Fsp3) is 0.571. The number of piperazine rings is 1. The Kier molecular flexibility index (Phi) is 5.55. The zero-order valence-electron chi connectivity index (χ0n) is 13.3. The van der Waals surface area contributed by atoms with E-state index in [-0.39, 0.29) is 24.8 Å². The molecular formula is C14H21N3O5S. The summed E-state index contributed by atoms with van der Waals surface area (Å²) in [5.74, 6) is 0.0137. The lowest BCUT2D eigenvalue weighted by Gasteiger charge is -2.34. The Morgan fingerprint density at radius 1 is 1.26 bits per heavy atom. The second-order valence-corrected chi connectivity index (χ2v) is 7.67. The lowest BCUT2D eigenvalue weighted by Crippen LogP contribution is -2.52. The molecule has 0 spiro atoms. The van der Waals surface area contributed by atoms with Crippen molar-refractivity contribution in [3.8, 4) is 0 Å². The van der Waals surface area contributed by atoms with Gasteiger partial charge in [-0.05, 0) is 12.1 Å². The van der Waals surface area contributed by atoms with Gasteiger partial charge in [0.25, 0.3) is 0 Å². The van der Waals surface area contributed by atoms with Crippen molar-refractivity contribution in [1.82, 2.24) is 14.1 Å². The number of likely N-dealkylation sites (N-methyl/N-ethyl adjacent to an activating group) is 1. The van der Waals surface area contributed by atoms with Crippen LogP contribution in [0.15, 0.2) is 22.8 Å². The molecule has 9 heteroatoms. The molecule has 0 aliphatic carbocycles. The van der Waals surface area contributed by atoms with Gasteiger partial charge in [-0.25, -0.2) is 8.42 Å². The van der Waals surface area contributed by atoms with Gasteiger partial charge in [-0.2, -0.15) is 4.31 Å². The van der Waals surface area contributed by atoms with E-state index < -0.39 is 10.0 Å². The number of carbonyl (C=O) groups excluding carboxylic acids is 2. The second-order valence-electron chi connectivity index (χ2n) is 5.58. The highest BCUT2D eigenvalue weighted by molar-refractivity contribution is 7.88. The highest BCUT2D eigenvalue weighted by atomic mass is 32.2. The number of rotatable bonds is 6. The summed E-state index contributed by atoms with van der Waals surface area (Å²) in [5, 5.41) is 0. The van der Waals surface area contributed by atoms with Gasteiger partial charge in [0.1, 0.15) is 0 Å². The molecule has 0 saturated carbocycles. The van der Waals surface area contributed by atoms with Crippen molar-refractivity contribution in [1.29, 1.82) is 0 Å². The predicted octanol–water partition coefficient (Wildman–Crippen LogP) is -0.502. The van der Waals surface area contributed by atoms with Crippen LogP contribution in [0.5, 0.6) is 0 Å². The van der Waals surface area contributed by atoms with Crippen LogP contribution >= 0.6 is 0 Å². The molecule has 2 heterocycles. The molecule has 8 nitrogen and oxygen atoms in total. The first kappa shape index (κ1) is 17.6. The minimum Gasteiger partial charge on any atom is -0.461 e. The van der Waals surface area contributed by atoms with Gasteiger partial charge in [0.15, 0.2) is 5.76 Å². The van der Waals surface area contributed by atoms with Crippen LogP contribution in [0.4, 0.5) is 0 Å². The van der Waals surface area contributed by atoms with Crippen molar-refractivity contribution in [3.05, 3.63) is 24.2 Å². The number of carbonyl (C=O) groups is 2. The Hall–Kier alpha value is -1.71. The lowest BCUT2D eigenvalue weighted by atomic mass is 10.2. The molecule has 0 aromatic carbocycles. The van der Waals surface area contributed by atoms with Gasteiger partial charge in [-0.3, -0.25) is 14.5 Å². The van der Waals surface area contributed by atoms with Gasteiger partial charge in [0, 0.05) is 33.2 Å². The van der Waals surface area contributed by atoms with E-state index in [1.807, 2.05) is 4.90 Å². The summed E-state index contributed by atoms with van der Waals surface area (Å²) >= 11 is 0. The van der Waals surface area contributed by atoms with Crippen LogP contribution in [0.1, 0.15) is 10.6 Å². The normalized spacial score (nSPS) is 16.7. The van der Waals surface area contributed by atoms with Crippen molar-refractivity contribution < 1.29 is 22.4 Å². The van der Waals surface area contributed by atoms with Crippen molar-refractivity contribution in [2.45, 2.75) is 0 Å². The summed E-state index contributed by atoms with van der Waals surface area (Å²) in [5.41, 5.74) is 0. The lowest BCUT2D eigenvalue weighted by molar-refractivity contribution is -0.132. The fourth-order valence-electron chi connectivity index (χ4n) is 2.28. The number of nitrogens with zero attached hydrogens (tertiary/aromatic N) is 3. The van der Waals surface area contributed by atoms with Crippen molar-refractivity contribution in [2.24, 2.45) is 0 Å². The van der Waals surface area contributed by atoms with E-state index in [4.69, 9.17) is 4.42 Å². The molecule has 1 aliphatic rings. The summed E-state index contributed by atoms with van der Waals surface area (Å²) in [4.78, 5) is 27.6. The molecule has 0 unspecified atom stereocenters. The zero-order valence-corrected chi connectivity index (χ0v) is 14.1. The summed E-state index contributed by atoms with van der Waals surface area (Å²) in [6.45, 7) is 2.17. The molecular weight excluding hydrogens is 322 g/mol. The van der Waals surface area contributed by atoms with Crippen LogP contribution in [0.3, 0.4) is 0 Å². The van der Waals surface area contributed by atoms with Gasteiger partial charge in [-0.15, -0.1) is 0 Å². The largest absolute Gasteiger partial charge is 0.461 e. The Balaban J connectivity index is 1.79. The number of amides is 1. The highest BCUT2D eigenvalue weighted by Crippen LogP contribution is 2.07. The average molecular weight is 343 g/mol. The van der Waals surface area contributed by atoms with Gasteiger partial charge >= 0.3 is 0 Å². The molecule has 128 valence electrons. The Morgan fingerprint density at radius 3 is 2.43 bits per heavy atom. The second kappa shape index (κ2) is 7.24. The summed E-state index contributed by atoms with van der Waals surface area (Å²) in [6, 6.07) is 3.30. The molecule has 0 radical (unpaired) electrons. The van der Waals surface area contributed by atoms with E-state index in [0.717, 1.165) is 10.6 Å². The molecule has 1 fully saturated rings. The van der Waals surface area contributed by atoms with Gasteiger partial charge in [0.05, 0.1) is 25.6 Å². The maximum atomic E-state index is 12.1. The smallest absolute Gasteiger partial charge is 0.237 e. The number of furan rings is 1. The first-order valence-electron chi connectivity index (χ1n) is 7.25. The van der Waals surface area contributed by atoms with Crippen LogP contribution in [0.25, 0.3) is 0 Å². The van der Waals surface area contributed by atoms with Crippen molar-refractivity contribution in [3.63, 3.8) is 0 Å². The number of sulfonamides is 1. The molecule has 0 N–H and O–H groups in total. The molecule has 23 heavy (non-hydrogen) atoms. The van der Waals surface area contributed by atoms with Gasteiger partial charge < -0.3 is 9.32 Å². The van der Waals surface area contributed by atoms with E-state index in [1.54, 1.807) is 17.0 Å². The molecule has 0 bridgehead atoms. The Morgan fingerprint density at radius 2 is 1.91 bits per heavy atom. The summed E-state index contributed by atoms with van der Waals surface area (Å²) < 4.78 is 28.8. The number of hydrogen-bond acceptors (Lipinski definition) is 6. The van der Waals surface area contributed by atoms with Crippen LogP contribution in [0.2, 0.25) is 0 Å². The summed E-state index contributed by atoms with van der Waals surface area (Å²) in [7, 11) is -1.99. The predicted molar refractivity (Wildman–Crippen MR) is 83.5 cm³/mol. The molecule has 1 aromatic rings. The maximum absolute atomic E-state index is 12.1. The topological polar surface area (TPSA) is 91.1 Å². The van der Waals surface area contributed by atoms with Crippen molar-refractivity contribution in [2.75, 3.05) is 52.6 Å². The molecule has 1 saturated heterocycles. The third-order valence-electron chi connectivity index (χ3n) is 3.81. The van der Waals surface area contributed by atoms with E-state index in [9.17, 15) is 18.0 Å². The van der Waals surface area contributed by atoms with E-state index in [2.05, 4.69) is 0 Å². The quantitative estimate of drug-likeness (QED) is 0.647. The third kappa shape index (κ3) is 4.88. The molecule has 1 amide bonds. The fourth-order valence-corrected chi connectivity index (χ4v) is 2.63. The number of hydrogen-bond donors (Lipinski definition) is 0. The molecule has 2 rings (SSSR count). The standard InChI is InChI=1S/C14H21N3O5S/c1-15(23(2,20)21)11-14(19)17-7-5-16(6-8-17)10-12(18)13-4-3-9-22-13/h3-4,9H,5-8,10-11H2,1-2H3. The van der Waals surface area contributed by atoms with Crippen LogP contribution in [-0.4, -0.2) is 86.8 Å².